The van der Waals surface area contributed by atoms with Crippen LogP contribution in [-0.2, 0) is 6.54 Å². The Bertz CT molecular complexity index is 791. The van der Waals surface area contributed by atoms with Crippen molar-refractivity contribution in [3.05, 3.63) is 47.5 Å². The van der Waals surface area contributed by atoms with Crippen LogP contribution >= 0.6 is 0 Å². The monoisotopic (exact) mass is 425 g/mol. The largest absolute Gasteiger partial charge is 0.396 e. The van der Waals surface area contributed by atoms with Crippen molar-refractivity contribution in [2.75, 3.05) is 13.2 Å². The zero-order valence-corrected chi connectivity index (χ0v) is 19.9. The van der Waals surface area contributed by atoms with E-state index in [-0.39, 0.29) is 29.5 Å². The minimum atomic E-state index is -0.247. The van der Waals surface area contributed by atoms with Gasteiger partial charge in [-0.2, -0.15) is 0 Å². The number of hydrogen-bond acceptors (Lipinski definition) is 3. The standard InChI is InChI=1S/C28H43NO2/c1-19-6-5-7-21(14-19)16-29-17-24-25-9-8-20(2)27(25,3)13-11-26(24)28(4)12-10-23(31)15-22(28)18-30/h5-7,14,22-26,29-31H,2,8-13,15-18H2,1,3-4H3/t22-,23+,24+,25+,26+,27-,28+/m1/s1. The SMILES string of the molecule is C=C1CC[C@H]2[C@H](CNCc3cccc(C)c3)[C@@H]([C@@]3(C)CC[C@H](O)C[C@@H]3CO)CC[C@]12C. The number of rotatable bonds is 6. The predicted octanol–water partition coefficient (Wildman–Crippen LogP) is 5.24. The van der Waals surface area contributed by atoms with Crippen LogP contribution in [-0.4, -0.2) is 29.5 Å². The topological polar surface area (TPSA) is 52.5 Å². The van der Waals surface area contributed by atoms with Crippen LogP contribution in [0.4, 0.5) is 0 Å². The van der Waals surface area contributed by atoms with Gasteiger partial charge in [0.05, 0.1) is 6.10 Å². The van der Waals surface area contributed by atoms with Gasteiger partial charge in [-0.05, 0) is 98.5 Å². The van der Waals surface area contributed by atoms with Gasteiger partial charge in [-0.3, -0.25) is 0 Å². The zero-order chi connectivity index (χ0) is 22.2. The fraction of sp³-hybridized carbons (Fsp3) is 0.714. The molecule has 0 saturated heterocycles. The molecule has 3 N–H and O–H groups in total. The van der Waals surface area contributed by atoms with Gasteiger partial charge in [0.15, 0.2) is 0 Å². The van der Waals surface area contributed by atoms with Crippen LogP contribution in [0.5, 0.6) is 0 Å². The summed E-state index contributed by atoms with van der Waals surface area (Å²) in [5.74, 6) is 2.06. The Morgan fingerprint density at radius 1 is 1.13 bits per heavy atom. The average Bonchev–Trinajstić information content (AvgIpc) is 3.05. The van der Waals surface area contributed by atoms with Gasteiger partial charge < -0.3 is 15.5 Å². The summed E-state index contributed by atoms with van der Waals surface area (Å²) in [5, 5.41) is 24.4. The number of aliphatic hydroxyl groups excluding tert-OH is 2. The third-order valence-corrected chi connectivity index (χ3v) is 9.76. The lowest BCUT2D eigenvalue weighted by molar-refractivity contribution is -0.0933. The van der Waals surface area contributed by atoms with E-state index in [1.807, 2.05) is 0 Å². The van der Waals surface area contributed by atoms with Gasteiger partial charge in [-0.1, -0.05) is 55.8 Å². The van der Waals surface area contributed by atoms with Gasteiger partial charge in [-0.25, -0.2) is 0 Å². The van der Waals surface area contributed by atoms with Crippen LogP contribution in [0.2, 0.25) is 0 Å². The van der Waals surface area contributed by atoms with Gasteiger partial charge in [0.25, 0.3) is 0 Å². The molecule has 0 radical (unpaired) electrons. The van der Waals surface area contributed by atoms with Gasteiger partial charge in [0.1, 0.15) is 0 Å². The minimum absolute atomic E-state index is 0.106. The Labute approximate surface area is 189 Å². The summed E-state index contributed by atoms with van der Waals surface area (Å²) in [4.78, 5) is 0. The van der Waals surface area contributed by atoms with E-state index in [1.54, 1.807) is 0 Å². The Kier molecular flexibility index (Phi) is 6.68. The summed E-state index contributed by atoms with van der Waals surface area (Å²) in [5.41, 5.74) is 4.50. The van der Waals surface area contributed by atoms with Crippen LogP contribution in [0.25, 0.3) is 0 Å². The number of aryl methyl sites for hydroxylation is 1. The summed E-state index contributed by atoms with van der Waals surface area (Å²) in [7, 11) is 0. The molecule has 0 aromatic heterocycles. The van der Waals surface area contributed by atoms with E-state index in [0.29, 0.717) is 17.8 Å². The molecule has 0 aliphatic heterocycles. The molecule has 31 heavy (non-hydrogen) atoms. The first-order valence-electron chi connectivity index (χ1n) is 12.5. The highest BCUT2D eigenvalue weighted by molar-refractivity contribution is 5.23. The van der Waals surface area contributed by atoms with E-state index in [2.05, 4.69) is 56.9 Å². The molecule has 4 rings (SSSR count). The highest BCUT2D eigenvalue weighted by atomic mass is 16.3. The van der Waals surface area contributed by atoms with Gasteiger partial charge in [-0.15, -0.1) is 0 Å². The number of benzene rings is 1. The third kappa shape index (κ3) is 4.26. The van der Waals surface area contributed by atoms with Crippen LogP contribution in [0.15, 0.2) is 36.4 Å². The van der Waals surface area contributed by atoms with Crippen molar-refractivity contribution in [2.45, 2.75) is 78.4 Å². The second-order valence-corrected chi connectivity index (χ2v) is 11.4. The van der Waals surface area contributed by atoms with Gasteiger partial charge >= 0.3 is 0 Å². The predicted molar refractivity (Wildman–Crippen MR) is 128 cm³/mol. The molecule has 3 saturated carbocycles. The third-order valence-electron chi connectivity index (χ3n) is 9.76. The molecule has 7 atom stereocenters. The Morgan fingerprint density at radius 3 is 2.68 bits per heavy atom. The zero-order valence-electron chi connectivity index (χ0n) is 19.9. The van der Waals surface area contributed by atoms with Crippen LogP contribution in [0.3, 0.4) is 0 Å². The lowest BCUT2D eigenvalue weighted by Crippen LogP contribution is -2.53. The van der Waals surface area contributed by atoms with Gasteiger partial charge in [0.2, 0.25) is 0 Å². The van der Waals surface area contributed by atoms with E-state index in [1.165, 1.54) is 42.4 Å². The normalized spacial score (nSPS) is 40.7. The molecule has 0 heterocycles. The van der Waals surface area contributed by atoms with Crippen LogP contribution in [0.1, 0.15) is 69.9 Å². The van der Waals surface area contributed by atoms with Crippen molar-refractivity contribution in [2.24, 2.45) is 34.5 Å². The average molecular weight is 426 g/mol. The molecule has 0 spiro atoms. The van der Waals surface area contributed by atoms with Crippen molar-refractivity contribution in [1.82, 2.24) is 5.32 Å². The first kappa shape index (κ1) is 23.0. The van der Waals surface area contributed by atoms with Crippen LogP contribution in [0, 0.1) is 41.4 Å². The van der Waals surface area contributed by atoms with E-state index >= 15 is 0 Å². The number of nitrogens with one attached hydrogen (secondary N) is 1. The van der Waals surface area contributed by atoms with E-state index < -0.39 is 0 Å². The summed E-state index contributed by atoms with van der Waals surface area (Å²) >= 11 is 0. The first-order chi connectivity index (χ1) is 14.8. The van der Waals surface area contributed by atoms with Crippen molar-refractivity contribution in [3.63, 3.8) is 0 Å². The second-order valence-electron chi connectivity index (χ2n) is 11.4. The summed E-state index contributed by atoms with van der Waals surface area (Å²) in [6.45, 7) is 13.7. The lowest BCUT2D eigenvalue weighted by atomic mass is 9.49. The minimum Gasteiger partial charge on any atom is -0.396 e. The maximum atomic E-state index is 10.3. The maximum absolute atomic E-state index is 10.3. The van der Waals surface area contributed by atoms with Crippen molar-refractivity contribution >= 4 is 0 Å². The molecule has 172 valence electrons. The highest BCUT2D eigenvalue weighted by Crippen LogP contribution is 2.63. The Morgan fingerprint density at radius 2 is 1.94 bits per heavy atom. The molecular formula is C28H43NO2. The fourth-order valence-corrected chi connectivity index (χ4v) is 7.67. The van der Waals surface area contributed by atoms with Crippen molar-refractivity contribution < 1.29 is 10.2 Å². The highest BCUT2D eigenvalue weighted by Gasteiger charge is 2.56. The number of fused-ring (bicyclic) bond motifs is 1. The summed E-state index contributed by atoms with van der Waals surface area (Å²) in [6, 6.07) is 8.79. The number of aliphatic hydroxyl groups is 2. The van der Waals surface area contributed by atoms with E-state index in [0.717, 1.165) is 32.4 Å². The van der Waals surface area contributed by atoms with E-state index in [9.17, 15) is 10.2 Å². The van der Waals surface area contributed by atoms with E-state index in [4.69, 9.17) is 0 Å². The fourth-order valence-electron chi connectivity index (χ4n) is 7.67. The van der Waals surface area contributed by atoms with Crippen molar-refractivity contribution in [3.8, 4) is 0 Å². The quantitative estimate of drug-likeness (QED) is 0.546. The summed E-state index contributed by atoms with van der Waals surface area (Å²) < 4.78 is 0. The Hall–Kier alpha value is -1.16. The molecule has 3 aliphatic rings. The smallest absolute Gasteiger partial charge is 0.0544 e. The Balaban J connectivity index is 1.56. The molecule has 0 amide bonds. The molecule has 3 aliphatic carbocycles. The first-order valence-corrected chi connectivity index (χ1v) is 12.5. The molecule has 1 aromatic carbocycles. The number of hydrogen-bond donors (Lipinski definition) is 3. The molecule has 3 fully saturated rings. The molecule has 1 aromatic rings. The maximum Gasteiger partial charge on any atom is 0.0544 e. The van der Waals surface area contributed by atoms with Gasteiger partial charge in [0, 0.05) is 13.2 Å². The molecule has 0 unspecified atom stereocenters. The molecule has 3 heteroatoms. The second kappa shape index (κ2) is 9.00. The molecular weight excluding hydrogens is 382 g/mol. The van der Waals surface area contributed by atoms with Crippen LogP contribution < -0.4 is 5.32 Å². The molecule has 0 bridgehead atoms. The number of allylic oxidation sites excluding steroid dienone is 1. The van der Waals surface area contributed by atoms with Crippen molar-refractivity contribution in [1.29, 1.82) is 0 Å². The summed E-state index contributed by atoms with van der Waals surface area (Å²) in [6.07, 6.45) is 7.28. The lowest BCUT2D eigenvalue weighted by Gasteiger charge is -2.56. The molecule has 3 nitrogen and oxygen atoms in total.